The molecule has 0 saturated carbocycles. The van der Waals surface area contributed by atoms with Crippen LogP contribution in [0.3, 0.4) is 0 Å². The number of hydrogen-bond acceptors (Lipinski definition) is 8. The molecule has 0 unspecified atom stereocenters. The zero-order chi connectivity index (χ0) is 22.1. The Hall–Kier alpha value is -3.77. The Morgan fingerprint density at radius 1 is 1.29 bits per heavy atom. The van der Waals surface area contributed by atoms with Crippen molar-refractivity contribution in [3.63, 3.8) is 0 Å². The standard InChI is InChI=1S/C22H21N5O4/c1-12-9-27(10-13(2)30-12)20-16(7-14-3-5-15(8-23)6-4-14)21-18(25-17(20)11-28)19(22(24)29)26-31-21/h3-6,11-13H,7,9-10H2,1-2H3,(H2,24,29)/t12-,13+. The van der Waals surface area contributed by atoms with Gasteiger partial charge in [0.25, 0.3) is 5.91 Å². The fourth-order valence-corrected chi connectivity index (χ4v) is 4.05. The van der Waals surface area contributed by atoms with Gasteiger partial charge in [-0.15, -0.1) is 0 Å². The van der Waals surface area contributed by atoms with E-state index < -0.39 is 5.91 Å². The van der Waals surface area contributed by atoms with E-state index in [4.69, 9.17) is 20.3 Å². The van der Waals surface area contributed by atoms with E-state index >= 15 is 0 Å². The molecule has 3 aromatic rings. The van der Waals surface area contributed by atoms with Crippen LogP contribution < -0.4 is 10.6 Å². The van der Waals surface area contributed by atoms with Crippen LogP contribution in [0, 0.1) is 11.3 Å². The van der Waals surface area contributed by atoms with E-state index in [1.54, 1.807) is 12.1 Å². The van der Waals surface area contributed by atoms with Crippen LogP contribution in [0.15, 0.2) is 28.8 Å². The maximum atomic E-state index is 12.0. The zero-order valence-corrected chi connectivity index (χ0v) is 17.2. The zero-order valence-electron chi connectivity index (χ0n) is 17.2. The maximum Gasteiger partial charge on any atom is 0.273 e. The van der Waals surface area contributed by atoms with Crippen molar-refractivity contribution in [2.45, 2.75) is 32.5 Å². The van der Waals surface area contributed by atoms with Crippen molar-refractivity contribution in [3.05, 3.63) is 52.3 Å². The molecule has 1 aromatic carbocycles. The largest absolute Gasteiger partial charge is 0.372 e. The molecule has 1 aliphatic heterocycles. The lowest BCUT2D eigenvalue weighted by Gasteiger charge is -2.38. The smallest absolute Gasteiger partial charge is 0.273 e. The number of pyridine rings is 1. The first kappa shape index (κ1) is 20.5. The number of hydrogen-bond donors (Lipinski definition) is 1. The van der Waals surface area contributed by atoms with E-state index in [2.05, 4.69) is 21.1 Å². The number of carbonyl (C=O) groups is 2. The van der Waals surface area contributed by atoms with Gasteiger partial charge in [-0.1, -0.05) is 17.3 Å². The first-order chi connectivity index (χ1) is 14.9. The molecule has 1 aliphatic rings. The van der Waals surface area contributed by atoms with Crippen molar-refractivity contribution in [2.24, 2.45) is 5.73 Å². The Morgan fingerprint density at radius 3 is 2.55 bits per heavy atom. The average Bonchev–Trinajstić information content (AvgIpc) is 3.17. The molecule has 1 amide bonds. The summed E-state index contributed by atoms with van der Waals surface area (Å²) >= 11 is 0. The highest BCUT2D eigenvalue weighted by Gasteiger charge is 2.30. The summed E-state index contributed by atoms with van der Waals surface area (Å²) in [5.74, 6) is -0.784. The number of aromatic nitrogens is 2. The van der Waals surface area contributed by atoms with Gasteiger partial charge in [-0.05, 0) is 31.5 Å². The highest BCUT2D eigenvalue weighted by molar-refractivity contribution is 6.04. The third-order valence-corrected chi connectivity index (χ3v) is 5.25. The van der Waals surface area contributed by atoms with E-state index in [0.717, 1.165) is 5.56 Å². The van der Waals surface area contributed by atoms with Crippen molar-refractivity contribution in [3.8, 4) is 6.07 Å². The molecule has 9 nitrogen and oxygen atoms in total. The predicted molar refractivity (Wildman–Crippen MR) is 112 cm³/mol. The minimum atomic E-state index is -0.784. The highest BCUT2D eigenvalue weighted by Crippen LogP contribution is 2.35. The first-order valence-electron chi connectivity index (χ1n) is 9.88. The second-order valence-corrected chi connectivity index (χ2v) is 7.66. The topological polar surface area (TPSA) is 135 Å². The van der Waals surface area contributed by atoms with Gasteiger partial charge in [-0.2, -0.15) is 5.26 Å². The Labute approximate surface area is 178 Å². The van der Waals surface area contributed by atoms with Crippen molar-refractivity contribution in [1.29, 1.82) is 5.26 Å². The molecule has 4 rings (SSSR count). The number of nitrogens with two attached hydrogens (primary N) is 1. The summed E-state index contributed by atoms with van der Waals surface area (Å²) in [5.41, 5.74) is 8.71. The minimum Gasteiger partial charge on any atom is -0.372 e. The van der Waals surface area contributed by atoms with Crippen LogP contribution >= 0.6 is 0 Å². The summed E-state index contributed by atoms with van der Waals surface area (Å²) in [5, 5.41) is 12.9. The van der Waals surface area contributed by atoms with E-state index in [9.17, 15) is 9.59 Å². The number of nitrogens with zero attached hydrogens (tertiary/aromatic N) is 4. The lowest BCUT2D eigenvalue weighted by molar-refractivity contribution is -0.00531. The lowest BCUT2D eigenvalue weighted by atomic mass is 9.99. The Balaban J connectivity index is 1.93. The second kappa shape index (κ2) is 8.16. The minimum absolute atomic E-state index is 0.0439. The molecular weight excluding hydrogens is 398 g/mol. The number of morpholine rings is 1. The van der Waals surface area contributed by atoms with Crippen molar-refractivity contribution < 1.29 is 18.8 Å². The van der Waals surface area contributed by atoms with E-state index in [1.807, 2.05) is 26.0 Å². The second-order valence-electron chi connectivity index (χ2n) is 7.66. The van der Waals surface area contributed by atoms with E-state index in [-0.39, 0.29) is 29.1 Å². The Bertz CT molecular complexity index is 1190. The third kappa shape index (κ3) is 3.85. The van der Waals surface area contributed by atoms with Gasteiger partial charge in [-0.3, -0.25) is 9.59 Å². The molecule has 2 aromatic heterocycles. The molecule has 0 radical (unpaired) electrons. The number of rotatable bonds is 5. The average molecular weight is 419 g/mol. The quantitative estimate of drug-likeness (QED) is 0.622. The molecule has 1 saturated heterocycles. The van der Waals surface area contributed by atoms with Crippen LogP contribution in [0.1, 0.15) is 51.5 Å². The fraction of sp³-hybridized carbons (Fsp3) is 0.318. The molecule has 2 N–H and O–H groups in total. The van der Waals surface area contributed by atoms with E-state index in [0.29, 0.717) is 48.2 Å². The molecule has 0 bridgehead atoms. The number of nitriles is 1. The Morgan fingerprint density at radius 2 is 1.97 bits per heavy atom. The molecule has 2 atom stereocenters. The maximum absolute atomic E-state index is 12.0. The fourth-order valence-electron chi connectivity index (χ4n) is 4.05. The van der Waals surface area contributed by atoms with Gasteiger partial charge in [0.05, 0.1) is 29.5 Å². The molecule has 1 fully saturated rings. The number of ether oxygens (including phenoxy) is 1. The summed E-state index contributed by atoms with van der Waals surface area (Å²) in [4.78, 5) is 30.3. The number of fused-ring (bicyclic) bond motifs is 1. The molecule has 0 spiro atoms. The van der Waals surface area contributed by atoms with Gasteiger partial charge in [0, 0.05) is 25.1 Å². The summed E-state index contributed by atoms with van der Waals surface area (Å²) in [6.07, 6.45) is 0.962. The third-order valence-electron chi connectivity index (χ3n) is 5.25. The van der Waals surface area contributed by atoms with Gasteiger partial charge < -0.3 is 19.9 Å². The number of aldehydes is 1. The number of benzene rings is 1. The van der Waals surface area contributed by atoms with Crippen molar-refractivity contribution >= 4 is 29.0 Å². The lowest BCUT2D eigenvalue weighted by Crippen LogP contribution is -2.46. The SMILES string of the molecule is C[C@@H]1CN(c2c(C=O)nc3c(C(N)=O)noc3c2Cc2ccc(C#N)cc2)C[C@H](C)O1. The molecule has 158 valence electrons. The molecule has 9 heteroatoms. The van der Waals surface area contributed by atoms with Crippen LogP contribution in [-0.2, 0) is 11.2 Å². The highest BCUT2D eigenvalue weighted by atomic mass is 16.5. The van der Waals surface area contributed by atoms with Crippen LogP contribution in [0.25, 0.3) is 11.1 Å². The monoisotopic (exact) mass is 419 g/mol. The number of amides is 1. The number of anilines is 1. The summed E-state index contributed by atoms with van der Waals surface area (Å²) in [6.45, 7) is 5.06. The van der Waals surface area contributed by atoms with Gasteiger partial charge in [0.15, 0.2) is 17.6 Å². The molecule has 0 aliphatic carbocycles. The Kier molecular flexibility index (Phi) is 5.40. The van der Waals surface area contributed by atoms with Crippen LogP contribution in [-0.4, -0.2) is 47.6 Å². The summed E-state index contributed by atoms with van der Waals surface area (Å²) in [6, 6.07) is 9.22. The number of primary amides is 1. The van der Waals surface area contributed by atoms with Gasteiger partial charge in [-0.25, -0.2) is 4.98 Å². The van der Waals surface area contributed by atoms with Crippen molar-refractivity contribution in [1.82, 2.24) is 10.1 Å². The predicted octanol–water partition coefficient (Wildman–Crippen LogP) is 2.21. The van der Waals surface area contributed by atoms with Gasteiger partial charge in [0.2, 0.25) is 0 Å². The molecular formula is C22H21N5O4. The summed E-state index contributed by atoms with van der Waals surface area (Å²) in [7, 11) is 0. The first-order valence-corrected chi connectivity index (χ1v) is 9.88. The number of carbonyl (C=O) groups excluding carboxylic acids is 2. The molecule has 31 heavy (non-hydrogen) atoms. The van der Waals surface area contributed by atoms with Gasteiger partial charge >= 0.3 is 0 Å². The van der Waals surface area contributed by atoms with Crippen molar-refractivity contribution in [2.75, 3.05) is 18.0 Å². The van der Waals surface area contributed by atoms with Gasteiger partial charge in [0.1, 0.15) is 11.2 Å². The van der Waals surface area contributed by atoms with Crippen LogP contribution in [0.5, 0.6) is 0 Å². The molecule has 3 heterocycles. The normalized spacial score (nSPS) is 18.7. The van der Waals surface area contributed by atoms with E-state index in [1.165, 1.54) is 0 Å². The summed E-state index contributed by atoms with van der Waals surface area (Å²) < 4.78 is 11.3. The van der Waals surface area contributed by atoms with Crippen LogP contribution in [0.4, 0.5) is 5.69 Å². The van der Waals surface area contributed by atoms with Crippen LogP contribution in [0.2, 0.25) is 0 Å².